The predicted octanol–water partition coefficient (Wildman–Crippen LogP) is 2.94. The van der Waals surface area contributed by atoms with Crippen molar-refractivity contribution in [2.24, 2.45) is 0 Å². The van der Waals surface area contributed by atoms with Crippen molar-refractivity contribution in [3.63, 3.8) is 0 Å². The Hall–Kier alpha value is -3.46. The molecule has 8 nitrogen and oxygen atoms in total. The summed E-state index contributed by atoms with van der Waals surface area (Å²) in [6.07, 6.45) is 6.72. The molecule has 0 aliphatic carbocycles. The lowest BCUT2D eigenvalue weighted by Gasteiger charge is -2.29. The molecule has 2 aromatic carbocycles. The monoisotopic (exact) mass is 467 g/mol. The van der Waals surface area contributed by atoms with E-state index in [0.29, 0.717) is 37.1 Å². The number of ketones is 1. The van der Waals surface area contributed by atoms with E-state index in [1.165, 1.54) is 10.6 Å². The van der Waals surface area contributed by atoms with E-state index in [9.17, 15) is 18.0 Å². The van der Waals surface area contributed by atoms with Crippen molar-refractivity contribution in [1.82, 2.24) is 9.78 Å². The van der Waals surface area contributed by atoms with Crippen LogP contribution in [0.2, 0.25) is 0 Å². The van der Waals surface area contributed by atoms with E-state index in [-0.39, 0.29) is 18.8 Å². The Morgan fingerprint density at radius 1 is 1.12 bits per heavy atom. The minimum atomic E-state index is -3.36. The van der Waals surface area contributed by atoms with Gasteiger partial charge in [-0.2, -0.15) is 5.10 Å². The molecule has 0 saturated heterocycles. The molecule has 9 heteroatoms. The average Bonchev–Trinajstić information content (AvgIpc) is 3.29. The number of Topliss-reactive ketones (excluding diaryl/α,β-unsaturated/α-hetero) is 1. The Morgan fingerprint density at radius 2 is 1.91 bits per heavy atom. The topological polar surface area (TPSA) is 98.6 Å². The van der Waals surface area contributed by atoms with Crippen LogP contribution in [0.25, 0.3) is 5.69 Å². The van der Waals surface area contributed by atoms with Gasteiger partial charge >= 0.3 is 5.97 Å². The first kappa shape index (κ1) is 22.7. The molecule has 3 aromatic rings. The van der Waals surface area contributed by atoms with Crippen LogP contribution in [0.15, 0.2) is 60.9 Å². The third kappa shape index (κ3) is 5.48. The maximum atomic E-state index is 12.5. The molecule has 33 heavy (non-hydrogen) atoms. The number of carbonyl (C=O) groups excluding carboxylic acids is 2. The van der Waals surface area contributed by atoms with E-state index >= 15 is 0 Å². The number of sulfonamides is 1. The van der Waals surface area contributed by atoms with E-state index in [4.69, 9.17) is 4.74 Å². The van der Waals surface area contributed by atoms with Crippen molar-refractivity contribution in [2.75, 3.05) is 23.7 Å². The van der Waals surface area contributed by atoms with Crippen molar-refractivity contribution in [3.05, 3.63) is 77.6 Å². The zero-order valence-corrected chi connectivity index (χ0v) is 19.1. The van der Waals surface area contributed by atoms with Gasteiger partial charge in [-0.25, -0.2) is 13.1 Å². The summed E-state index contributed by atoms with van der Waals surface area (Å²) in [5, 5.41) is 4.30. The van der Waals surface area contributed by atoms with Crippen molar-refractivity contribution in [1.29, 1.82) is 0 Å². The molecule has 4 rings (SSSR count). The van der Waals surface area contributed by atoms with Gasteiger partial charge in [0.1, 0.15) is 0 Å². The Labute approximate surface area is 192 Å². The molecule has 1 aliphatic heterocycles. The van der Waals surface area contributed by atoms with Gasteiger partial charge in [-0.05, 0) is 60.7 Å². The third-order valence-corrected chi connectivity index (χ3v) is 6.70. The number of rotatable bonds is 8. The summed E-state index contributed by atoms with van der Waals surface area (Å²) in [5.74, 6) is -0.781. The van der Waals surface area contributed by atoms with Gasteiger partial charge in [0.2, 0.25) is 10.0 Å². The number of benzene rings is 2. The molecule has 0 amide bonds. The van der Waals surface area contributed by atoms with E-state index < -0.39 is 16.0 Å². The second kappa shape index (κ2) is 9.58. The van der Waals surface area contributed by atoms with Crippen molar-refractivity contribution >= 4 is 27.5 Å². The first-order chi connectivity index (χ1) is 15.8. The lowest BCUT2D eigenvalue weighted by atomic mass is 9.99. The minimum absolute atomic E-state index is 0.140. The normalized spacial score (nSPS) is 13.4. The lowest BCUT2D eigenvalue weighted by molar-refractivity contribution is -0.142. The number of aromatic nitrogens is 2. The fourth-order valence-electron chi connectivity index (χ4n) is 3.84. The number of fused-ring (bicyclic) bond motifs is 1. The van der Waals surface area contributed by atoms with Crippen molar-refractivity contribution in [2.45, 2.75) is 25.7 Å². The standard InChI is InChI=1S/C24H25N3O5S/c1-33(30,31)27-13-5-6-19-14-20(10-11-22(19)27)23(28)17-32-24(29)12-9-18-15-25-26(16-18)21-7-3-2-4-8-21/h2-4,7-8,10-11,14-16H,5-6,9,12-13,17H2,1H3. The van der Waals surface area contributed by atoms with E-state index in [1.807, 2.05) is 36.5 Å². The Morgan fingerprint density at radius 3 is 2.67 bits per heavy atom. The maximum absolute atomic E-state index is 12.5. The fraction of sp³-hybridized carbons (Fsp3) is 0.292. The molecule has 1 aromatic heterocycles. The second-order valence-corrected chi connectivity index (χ2v) is 9.90. The Balaban J connectivity index is 1.30. The highest BCUT2D eigenvalue weighted by Gasteiger charge is 2.24. The van der Waals surface area contributed by atoms with Gasteiger partial charge in [0.25, 0.3) is 0 Å². The summed E-state index contributed by atoms with van der Waals surface area (Å²) in [7, 11) is -3.36. The molecule has 0 N–H and O–H groups in total. The van der Waals surface area contributed by atoms with Gasteiger partial charge in [-0.1, -0.05) is 18.2 Å². The zero-order valence-electron chi connectivity index (χ0n) is 18.3. The number of anilines is 1. The van der Waals surface area contributed by atoms with Gasteiger partial charge in [0.05, 0.1) is 23.8 Å². The summed E-state index contributed by atoms with van der Waals surface area (Å²) in [5.41, 5.74) is 3.64. The number of nitrogens with zero attached hydrogens (tertiary/aromatic N) is 3. The highest BCUT2D eigenvalue weighted by Crippen LogP contribution is 2.30. The maximum Gasteiger partial charge on any atom is 0.306 e. The molecule has 0 atom stereocenters. The van der Waals surface area contributed by atoms with Crippen LogP contribution in [-0.4, -0.2) is 49.4 Å². The van der Waals surface area contributed by atoms with Gasteiger partial charge in [-0.15, -0.1) is 0 Å². The highest BCUT2D eigenvalue weighted by molar-refractivity contribution is 7.92. The van der Waals surface area contributed by atoms with Crippen LogP contribution in [0.4, 0.5) is 5.69 Å². The van der Waals surface area contributed by atoms with Crippen LogP contribution in [0.5, 0.6) is 0 Å². The van der Waals surface area contributed by atoms with E-state index in [2.05, 4.69) is 5.10 Å². The summed E-state index contributed by atoms with van der Waals surface area (Å²) in [4.78, 5) is 24.7. The predicted molar refractivity (Wildman–Crippen MR) is 124 cm³/mol. The number of carbonyl (C=O) groups is 2. The van der Waals surface area contributed by atoms with Crippen molar-refractivity contribution in [3.8, 4) is 5.69 Å². The molecule has 0 bridgehead atoms. The van der Waals surface area contributed by atoms with Gasteiger partial charge in [-0.3, -0.25) is 13.9 Å². The Bertz CT molecular complexity index is 1270. The first-order valence-electron chi connectivity index (χ1n) is 10.7. The number of para-hydroxylation sites is 1. The molecular formula is C24H25N3O5S. The van der Waals surface area contributed by atoms with E-state index in [0.717, 1.165) is 16.8 Å². The molecule has 1 aliphatic rings. The van der Waals surface area contributed by atoms with Crippen LogP contribution < -0.4 is 4.31 Å². The van der Waals surface area contributed by atoms with Gasteiger partial charge in [0.15, 0.2) is 12.4 Å². The van der Waals surface area contributed by atoms with Crippen LogP contribution in [0, 0.1) is 0 Å². The molecule has 172 valence electrons. The van der Waals surface area contributed by atoms with E-state index in [1.54, 1.807) is 29.1 Å². The van der Waals surface area contributed by atoms with Crippen LogP contribution in [-0.2, 0) is 32.4 Å². The van der Waals surface area contributed by atoms with Crippen LogP contribution >= 0.6 is 0 Å². The third-order valence-electron chi connectivity index (χ3n) is 5.52. The number of aryl methyl sites for hydroxylation is 2. The highest BCUT2D eigenvalue weighted by atomic mass is 32.2. The number of esters is 1. The molecule has 0 fully saturated rings. The SMILES string of the molecule is CS(=O)(=O)N1CCCc2cc(C(=O)COC(=O)CCc3cnn(-c4ccccc4)c3)ccc21. The summed E-state index contributed by atoms with van der Waals surface area (Å²) in [6.45, 7) is 0.0810. The fourth-order valence-corrected chi connectivity index (χ4v) is 4.84. The largest absolute Gasteiger partial charge is 0.457 e. The molecule has 0 unspecified atom stereocenters. The summed E-state index contributed by atoms with van der Waals surface area (Å²) >= 11 is 0. The molecular weight excluding hydrogens is 442 g/mol. The molecule has 0 radical (unpaired) electrons. The zero-order chi connectivity index (χ0) is 23.4. The quantitative estimate of drug-likeness (QED) is 0.373. The van der Waals surface area contributed by atoms with Crippen LogP contribution in [0.3, 0.4) is 0 Å². The molecule has 0 saturated carbocycles. The minimum Gasteiger partial charge on any atom is -0.457 e. The van der Waals surface area contributed by atoms with Gasteiger partial charge < -0.3 is 4.74 Å². The number of hydrogen-bond acceptors (Lipinski definition) is 6. The molecule has 2 heterocycles. The number of hydrogen-bond donors (Lipinski definition) is 0. The lowest BCUT2D eigenvalue weighted by Crippen LogP contribution is -2.34. The Kier molecular flexibility index (Phi) is 6.60. The van der Waals surface area contributed by atoms with Crippen molar-refractivity contribution < 1.29 is 22.7 Å². The smallest absolute Gasteiger partial charge is 0.306 e. The first-order valence-corrected chi connectivity index (χ1v) is 12.5. The number of ether oxygens (including phenoxy) is 1. The second-order valence-electron chi connectivity index (χ2n) is 7.99. The molecule has 0 spiro atoms. The summed E-state index contributed by atoms with van der Waals surface area (Å²) < 4.78 is 32.2. The summed E-state index contributed by atoms with van der Waals surface area (Å²) in [6, 6.07) is 14.6. The van der Waals surface area contributed by atoms with Gasteiger partial charge in [0, 0.05) is 24.7 Å². The average molecular weight is 468 g/mol. The van der Waals surface area contributed by atoms with Crippen LogP contribution in [0.1, 0.15) is 34.3 Å².